The van der Waals surface area contributed by atoms with Gasteiger partial charge in [0.05, 0.1) is 6.61 Å². The SMILES string of the molecule is ClCCNCC1CCOc2ccccc21. The topological polar surface area (TPSA) is 21.3 Å². The molecule has 0 saturated heterocycles. The summed E-state index contributed by atoms with van der Waals surface area (Å²) in [6, 6.07) is 8.29. The summed E-state index contributed by atoms with van der Waals surface area (Å²) in [6.07, 6.45) is 1.09. The number of benzene rings is 1. The molecule has 1 N–H and O–H groups in total. The van der Waals surface area contributed by atoms with Gasteiger partial charge in [-0.3, -0.25) is 0 Å². The molecule has 1 aromatic carbocycles. The lowest BCUT2D eigenvalue weighted by molar-refractivity contribution is 0.265. The van der Waals surface area contributed by atoms with Crippen LogP contribution in [0.1, 0.15) is 17.9 Å². The molecule has 1 unspecified atom stereocenters. The summed E-state index contributed by atoms with van der Waals surface area (Å²) < 4.78 is 5.61. The van der Waals surface area contributed by atoms with Crippen LogP contribution in [-0.4, -0.2) is 25.6 Å². The van der Waals surface area contributed by atoms with Crippen LogP contribution in [0.15, 0.2) is 24.3 Å². The Balaban J connectivity index is 2.02. The van der Waals surface area contributed by atoms with Crippen molar-refractivity contribution in [1.82, 2.24) is 5.32 Å². The summed E-state index contributed by atoms with van der Waals surface area (Å²) >= 11 is 5.63. The van der Waals surface area contributed by atoms with Crippen molar-refractivity contribution in [3.63, 3.8) is 0 Å². The maximum atomic E-state index is 5.63. The molecule has 0 amide bonds. The Hall–Kier alpha value is -0.730. The van der Waals surface area contributed by atoms with Crippen molar-refractivity contribution in [2.75, 3.05) is 25.6 Å². The maximum Gasteiger partial charge on any atom is 0.122 e. The van der Waals surface area contributed by atoms with E-state index in [0.29, 0.717) is 11.8 Å². The van der Waals surface area contributed by atoms with E-state index in [2.05, 4.69) is 17.4 Å². The second kappa shape index (κ2) is 5.38. The van der Waals surface area contributed by atoms with E-state index in [1.54, 1.807) is 0 Å². The molecule has 82 valence electrons. The van der Waals surface area contributed by atoms with Crippen LogP contribution >= 0.6 is 11.6 Å². The predicted octanol–water partition coefficient (Wildman–Crippen LogP) is 2.38. The summed E-state index contributed by atoms with van der Waals surface area (Å²) in [5, 5.41) is 3.36. The van der Waals surface area contributed by atoms with Crippen LogP contribution < -0.4 is 10.1 Å². The molecule has 1 aromatic rings. The molecule has 2 rings (SSSR count). The monoisotopic (exact) mass is 225 g/mol. The van der Waals surface area contributed by atoms with Crippen molar-refractivity contribution in [1.29, 1.82) is 0 Å². The van der Waals surface area contributed by atoms with Gasteiger partial charge in [0, 0.05) is 24.9 Å². The Labute approximate surface area is 95.6 Å². The van der Waals surface area contributed by atoms with Gasteiger partial charge in [-0.25, -0.2) is 0 Å². The van der Waals surface area contributed by atoms with E-state index in [1.165, 1.54) is 5.56 Å². The second-order valence-corrected chi connectivity index (χ2v) is 4.14. The quantitative estimate of drug-likeness (QED) is 0.628. The van der Waals surface area contributed by atoms with Gasteiger partial charge in [-0.1, -0.05) is 18.2 Å². The van der Waals surface area contributed by atoms with E-state index in [-0.39, 0.29) is 0 Å². The highest BCUT2D eigenvalue weighted by Gasteiger charge is 2.19. The number of hydrogen-bond donors (Lipinski definition) is 1. The Morgan fingerprint density at radius 3 is 3.13 bits per heavy atom. The summed E-state index contributed by atoms with van der Waals surface area (Å²) in [4.78, 5) is 0. The highest BCUT2D eigenvalue weighted by molar-refractivity contribution is 6.18. The van der Waals surface area contributed by atoms with Crippen LogP contribution in [-0.2, 0) is 0 Å². The Morgan fingerprint density at radius 1 is 1.40 bits per heavy atom. The number of nitrogens with one attached hydrogen (secondary N) is 1. The lowest BCUT2D eigenvalue weighted by Gasteiger charge is -2.25. The van der Waals surface area contributed by atoms with Crippen LogP contribution in [0, 0.1) is 0 Å². The fourth-order valence-electron chi connectivity index (χ4n) is 1.97. The van der Waals surface area contributed by atoms with Crippen molar-refractivity contribution in [2.45, 2.75) is 12.3 Å². The van der Waals surface area contributed by atoms with E-state index >= 15 is 0 Å². The first-order valence-electron chi connectivity index (χ1n) is 5.40. The molecule has 1 aliphatic rings. The molecule has 1 heterocycles. The first-order valence-corrected chi connectivity index (χ1v) is 5.93. The highest BCUT2D eigenvalue weighted by Crippen LogP contribution is 2.32. The smallest absolute Gasteiger partial charge is 0.122 e. The molecule has 2 nitrogen and oxygen atoms in total. The fourth-order valence-corrected chi connectivity index (χ4v) is 2.10. The molecular weight excluding hydrogens is 210 g/mol. The van der Waals surface area contributed by atoms with Crippen molar-refractivity contribution in [3.8, 4) is 5.75 Å². The van der Waals surface area contributed by atoms with Gasteiger partial charge in [0.15, 0.2) is 0 Å². The lowest BCUT2D eigenvalue weighted by Crippen LogP contribution is -2.27. The minimum Gasteiger partial charge on any atom is -0.493 e. The van der Waals surface area contributed by atoms with Gasteiger partial charge >= 0.3 is 0 Å². The lowest BCUT2D eigenvalue weighted by atomic mass is 9.93. The van der Waals surface area contributed by atoms with Crippen LogP contribution in [0.5, 0.6) is 5.75 Å². The Bertz CT molecular complexity index is 316. The average Bonchev–Trinajstić information content (AvgIpc) is 2.30. The molecule has 3 heteroatoms. The number of fused-ring (bicyclic) bond motifs is 1. The Kier molecular flexibility index (Phi) is 3.87. The molecule has 15 heavy (non-hydrogen) atoms. The molecule has 1 atom stereocenters. The van der Waals surface area contributed by atoms with Crippen LogP contribution in [0.2, 0.25) is 0 Å². The van der Waals surface area contributed by atoms with Crippen molar-refractivity contribution < 1.29 is 4.74 Å². The van der Waals surface area contributed by atoms with Gasteiger partial charge in [0.1, 0.15) is 5.75 Å². The zero-order valence-electron chi connectivity index (χ0n) is 8.71. The number of alkyl halides is 1. The third kappa shape index (κ3) is 2.64. The fraction of sp³-hybridized carbons (Fsp3) is 0.500. The van der Waals surface area contributed by atoms with E-state index in [1.807, 2.05) is 12.1 Å². The standard InChI is InChI=1S/C12H16ClNO/c13-6-7-14-9-10-5-8-15-12-4-2-1-3-11(10)12/h1-4,10,14H,5-9H2. The van der Waals surface area contributed by atoms with Crippen LogP contribution in [0.25, 0.3) is 0 Å². The molecular formula is C12H16ClNO. The third-order valence-corrected chi connectivity index (χ3v) is 2.93. The number of ether oxygens (including phenoxy) is 1. The van der Waals surface area contributed by atoms with E-state index < -0.39 is 0 Å². The summed E-state index contributed by atoms with van der Waals surface area (Å²) in [6.45, 7) is 2.69. The van der Waals surface area contributed by atoms with E-state index in [4.69, 9.17) is 16.3 Å². The first kappa shape index (κ1) is 10.8. The molecule has 0 spiro atoms. The number of hydrogen-bond acceptors (Lipinski definition) is 2. The maximum absolute atomic E-state index is 5.63. The number of rotatable bonds is 4. The molecule has 0 bridgehead atoms. The minimum absolute atomic E-state index is 0.568. The van der Waals surface area contributed by atoms with Gasteiger partial charge < -0.3 is 10.1 Å². The van der Waals surface area contributed by atoms with E-state index in [9.17, 15) is 0 Å². The predicted molar refractivity (Wildman–Crippen MR) is 62.9 cm³/mol. The summed E-state index contributed by atoms with van der Waals surface area (Å²) in [7, 11) is 0. The van der Waals surface area contributed by atoms with Crippen LogP contribution in [0.4, 0.5) is 0 Å². The minimum atomic E-state index is 0.568. The van der Waals surface area contributed by atoms with Crippen molar-refractivity contribution in [2.24, 2.45) is 0 Å². The van der Waals surface area contributed by atoms with Crippen molar-refractivity contribution in [3.05, 3.63) is 29.8 Å². The zero-order valence-corrected chi connectivity index (χ0v) is 9.46. The number of para-hydroxylation sites is 1. The molecule has 0 saturated carbocycles. The molecule has 0 aliphatic carbocycles. The largest absolute Gasteiger partial charge is 0.493 e. The second-order valence-electron chi connectivity index (χ2n) is 3.76. The summed E-state index contributed by atoms with van der Waals surface area (Å²) in [5.41, 5.74) is 1.32. The Morgan fingerprint density at radius 2 is 2.27 bits per heavy atom. The zero-order chi connectivity index (χ0) is 10.5. The number of halogens is 1. The van der Waals surface area contributed by atoms with Gasteiger partial charge in [0.2, 0.25) is 0 Å². The average molecular weight is 226 g/mol. The van der Waals surface area contributed by atoms with Crippen LogP contribution in [0.3, 0.4) is 0 Å². The normalized spacial score (nSPS) is 19.4. The van der Waals surface area contributed by atoms with Gasteiger partial charge in [-0.15, -0.1) is 11.6 Å². The van der Waals surface area contributed by atoms with Crippen molar-refractivity contribution >= 4 is 11.6 Å². The van der Waals surface area contributed by atoms with Gasteiger partial charge in [0.25, 0.3) is 0 Å². The molecule has 0 aromatic heterocycles. The van der Waals surface area contributed by atoms with Gasteiger partial charge in [-0.05, 0) is 18.1 Å². The molecule has 1 aliphatic heterocycles. The first-order chi connectivity index (χ1) is 7.42. The molecule has 0 radical (unpaired) electrons. The summed E-state index contributed by atoms with van der Waals surface area (Å²) in [5.74, 6) is 2.28. The van der Waals surface area contributed by atoms with E-state index in [0.717, 1.165) is 31.9 Å². The third-order valence-electron chi connectivity index (χ3n) is 2.74. The highest BCUT2D eigenvalue weighted by atomic mass is 35.5. The van der Waals surface area contributed by atoms with Gasteiger partial charge in [-0.2, -0.15) is 0 Å². The molecule has 0 fully saturated rings.